The summed E-state index contributed by atoms with van der Waals surface area (Å²) in [6, 6.07) is 7.51. The van der Waals surface area contributed by atoms with E-state index in [4.69, 9.17) is 4.74 Å². The number of rotatable bonds is 2. The normalized spacial score (nSPS) is 27.5. The van der Waals surface area contributed by atoms with Crippen LogP contribution >= 0.6 is 0 Å². The first kappa shape index (κ1) is 10.9. The van der Waals surface area contributed by atoms with Crippen LogP contribution in [0.1, 0.15) is 24.0 Å². The van der Waals surface area contributed by atoms with E-state index in [0.29, 0.717) is 0 Å². The molecule has 1 aromatic carbocycles. The summed E-state index contributed by atoms with van der Waals surface area (Å²) in [5.41, 5.74) is 0.978. The minimum absolute atomic E-state index is 0.654. The Morgan fingerprint density at radius 2 is 2.12 bits per heavy atom. The molecule has 0 bridgehead atoms. The van der Waals surface area contributed by atoms with Crippen molar-refractivity contribution in [3.8, 4) is 0 Å². The van der Waals surface area contributed by atoms with Crippen molar-refractivity contribution < 1.29 is 14.6 Å². The third-order valence-electron chi connectivity index (χ3n) is 3.16. The van der Waals surface area contributed by atoms with E-state index in [0.717, 1.165) is 11.1 Å². The van der Waals surface area contributed by atoms with E-state index >= 15 is 0 Å². The van der Waals surface area contributed by atoms with E-state index in [1.807, 2.05) is 36.4 Å². The molecule has 2 atom stereocenters. The van der Waals surface area contributed by atoms with Gasteiger partial charge in [0.2, 0.25) is 0 Å². The van der Waals surface area contributed by atoms with Crippen molar-refractivity contribution in [3.63, 3.8) is 0 Å². The summed E-state index contributed by atoms with van der Waals surface area (Å²) < 4.78 is 5.34. The van der Waals surface area contributed by atoms with Gasteiger partial charge in [0.1, 0.15) is 11.5 Å². The molecule has 0 saturated heterocycles. The molecule has 2 unspecified atom stereocenters. The number of methoxy groups -OCH3 is 1. The van der Waals surface area contributed by atoms with Crippen molar-refractivity contribution in [2.24, 2.45) is 0 Å². The molecule has 0 amide bonds. The van der Waals surface area contributed by atoms with Crippen LogP contribution in [0.2, 0.25) is 0 Å². The first-order valence-corrected chi connectivity index (χ1v) is 5.14. The molecule has 84 valence electrons. The Morgan fingerprint density at radius 3 is 2.75 bits per heavy atom. The lowest BCUT2D eigenvalue weighted by Crippen LogP contribution is -2.39. The molecule has 0 aromatic heterocycles. The van der Waals surface area contributed by atoms with Crippen molar-refractivity contribution in [2.45, 2.75) is 18.4 Å². The summed E-state index contributed by atoms with van der Waals surface area (Å²) in [5, 5.41) is 9.34. The quantitative estimate of drug-likeness (QED) is 0.828. The highest BCUT2D eigenvalue weighted by atomic mass is 16.5. The van der Waals surface area contributed by atoms with Crippen LogP contribution in [0.25, 0.3) is 6.08 Å². The van der Waals surface area contributed by atoms with Gasteiger partial charge in [-0.05, 0) is 18.1 Å². The highest BCUT2D eigenvalue weighted by molar-refractivity contribution is 5.82. The number of carboxylic acid groups (broad SMARTS) is 1. The van der Waals surface area contributed by atoms with Gasteiger partial charge in [0.15, 0.2) is 0 Å². The van der Waals surface area contributed by atoms with Gasteiger partial charge in [0, 0.05) is 7.11 Å². The molecule has 0 heterocycles. The van der Waals surface area contributed by atoms with Crippen LogP contribution in [0, 0.1) is 0 Å². The van der Waals surface area contributed by atoms with Crippen LogP contribution in [0.3, 0.4) is 0 Å². The average Bonchev–Trinajstić information content (AvgIpc) is 2.28. The Labute approximate surface area is 94.4 Å². The second-order valence-corrected chi connectivity index (χ2v) is 4.12. The maximum absolute atomic E-state index is 11.4. The Kier molecular flexibility index (Phi) is 2.56. The summed E-state index contributed by atoms with van der Waals surface area (Å²) in [7, 11) is 1.54. The lowest BCUT2D eigenvalue weighted by Gasteiger charge is -2.35. The minimum Gasteiger partial charge on any atom is -0.481 e. The van der Waals surface area contributed by atoms with E-state index in [9.17, 15) is 9.90 Å². The smallest absolute Gasteiger partial charge is 0.314 e. The summed E-state index contributed by atoms with van der Waals surface area (Å²) in [6.45, 7) is 1.79. The van der Waals surface area contributed by atoms with Gasteiger partial charge in [0.05, 0.1) is 0 Å². The Hall–Kier alpha value is -1.61. The van der Waals surface area contributed by atoms with E-state index in [1.165, 1.54) is 7.11 Å². The van der Waals surface area contributed by atoms with Gasteiger partial charge in [-0.15, -0.1) is 0 Å². The molecule has 3 nitrogen and oxygen atoms in total. The molecule has 0 spiro atoms. The summed E-state index contributed by atoms with van der Waals surface area (Å²) >= 11 is 0. The molecule has 0 radical (unpaired) electrons. The van der Waals surface area contributed by atoms with E-state index < -0.39 is 17.5 Å². The van der Waals surface area contributed by atoms with Gasteiger partial charge in [-0.3, -0.25) is 4.79 Å². The second-order valence-electron chi connectivity index (χ2n) is 4.12. The number of aliphatic carboxylic acids is 1. The first-order valence-electron chi connectivity index (χ1n) is 5.14. The number of fused-ring (bicyclic) bond motifs is 1. The Balaban J connectivity index is 2.59. The summed E-state index contributed by atoms with van der Waals surface area (Å²) in [5.74, 6) is -1.51. The van der Waals surface area contributed by atoms with Crippen molar-refractivity contribution in [1.82, 2.24) is 0 Å². The zero-order valence-electron chi connectivity index (χ0n) is 9.31. The van der Waals surface area contributed by atoms with Crippen LogP contribution in [0.15, 0.2) is 30.3 Å². The second kappa shape index (κ2) is 3.76. The van der Waals surface area contributed by atoms with Gasteiger partial charge in [-0.1, -0.05) is 36.4 Å². The number of carboxylic acids is 1. The lowest BCUT2D eigenvalue weighted by molar-refractivity contribution is -0.144. The van der Waals surface area contributed by atoms with Gasteiger partial charge in [-0.25, -0.2) is 0 Å². The monoisotopic (exact) mass is 218 g/mol. The first-order chi connectivity index (χ1) is 7.58. The SMILES string of the molecule is COC1(C)C=Cc2ccccc2C1C(=O)O. The molecule has 3 heteroatoms. The molecule has 1 N–H and O–H groups in total. The lowest BCUT2D eigenvalue weighted by atomic mass is 9.77. The largest absolute Gasteiger partial charge is 0.481 e. The minimum atomic E-state index is -0.860. The molecule has 0 fully saturated rings. The molecule has 16 heavy (non-hydrogen) atoms. The number of carbonyl (C=O) groups is 1. The van der Waals surface area contributed by atoms with Crippen molar-refractivity contribution in [3.05, 3.63) is 41.5 Å². The molecule has 2 rings (SSSR count). The third-order valence-corrected chi connectivity index (χ3v) is 3.16. The van der Waals surface area contributed by atoms with Crippen molar-refractivity contribution >= 4 is 12.0 Å². The standard InChI is InChI=1S/C13H14O3/c1-13(16-2)8-7-9-5-3-4-6-10(9)11(13)12(14)15/h3-8,11H,1-2H3,(H,14,15). The topological polar surface area (TPSA) is 46.5 Å². The van der Waals surface area contributed by atoms with Crippen LogP contribution in [-0.2, 0) is 9.53 Å². The van der Waals surface area contributed by atoms with Crippen LogP contribution < -0.4 is 0 Å². The predicted molar refractivity (Wildman–Crippen MR) is 61.3 cm³/mol. The highest BCUT2D eigenvalue weighted by Gasteiger charge is 2.41. The highest BCUT2D eigenvalue weighted by Crippen LogP contribution is 2.38. The number of hydrogen-bond acceptors (Lipinski definition) is 2. The van der Waals surface area contributed by atoms with Crippen molar-refractivity contribution in [1.29, 1.82) is 0 Å². The molecule has 1 aromatic rings. The maximum Gasteiger partial charge on any atom is 0.314 e. The fourth-order valence-corrected chi connectivity index (χ4v) is 2.15. The molecular formula is C13H14O3. The fraction of sp³-hybridized carbons (Fsp3) is 0.308. The summed E-state index contributed by atoms with van der Waals surface area (Å²) in [4.78, 5) is 11.4. The van der Waals surface area contributed by atoms with Crippen LogP contribution in [-0.4, -0.2) is 23.8 Å². The van der Waals surface area contributed by atoms with E-state index in [-0.39, 0.29) is 0 Å². The van der Waals surface area contributed by atoms with Crippen LogP contribution in [0.4, 0.5) is 0 Å². The number of benzene rings is 1. The number of hydrogen-bond donors (Lipinski definition) is 1. The summed E-state index contributed by atoms with van der Waals surface area (Å²) in [6.07, 6.45) is 3.73. The molecule has 0 aliphatic heterocycles. The van der Waals surface area contributed by atoms with Crippen molar-refractivity contribution in [2.75, 3.05) is 7.11 Å². The fourth-order valence-electron chi connectivity index (χ4n) is 2.15. The average molecular weight is 218 g/mol. The predicted octanol–water partition coefficient (Wildman–Crippen LogP) is 2.29. The maximum atomic E-state index is 11.4. The van der Waals surface area contributed by atoms with Gasteiger partial charge in [-0.2, -0.15) is 0 Å². The van der Waals surface area contributed by atoms with Gasteiger partial charge in [0.25, 0.3) is 0 Å². The Morgan fingerprint density at radius 1 is 1.44 bits per heavy atom. The zero-order valence-corrected chi connectivity index (χ0v) is 9.31. The van der Waals surface area contributed by atoms with E-state index in [1.54, 1.807) is 6.92 Å². The third kappa shape index (κ3) is 1.53. The van der Waals surface area contributed by atoms with Crippen LogP contribution in [0.5, 0.6) is 0 Å². The Bertz CT molecular complexity index is 450. The molecule has 1 aliphatic carbocycles. The molecule has 0 saturated carbocycles. The zero-order chi connectivity index (χ0) is 11.8. The van der Waals surface area contributed by atoms with Gasteiger partial charge < -0.3 is 9.84 Å². The molecule has 1 aliphatic rings. The van der Waals surface area contributed by atoms with E-state index in [2.05, 4.69) is 0 Å². The number of ether oxygens (including phenoxy) is 1. The molecular weight excluding hydrogens is 204 g/mol. The van der Waals surface area contributed by atoms with Gasteiger partial charge >= 0.3 is 5.97 Å².